The van der Waals surface area contributed by atoms with E-state index >= 15 is 0 Å². The highest BCUT2D eigenvalue weighted by Gasteiger charge is 2.20. The van der Waals surface area contributed by atoms with Crippen molar-refractivity contribution in [1.29, 1.82) is 0 Å². The summed E-state index contributed by atoms with van der Waals surface area (Å²) in [6, 6.07) is 18.0. The Morgan fingerprint density at radius 1 is 1.00 bits per heavy atom. The summed E-state index contributed by atoms with van der Waals surface area (Å²) < 4.78 is 38.6. The average Bonchev–Trinajstić information content (AvgIpc) is 2.84. The van der Waals surface area contributed by atoms with Crippen LogP contribution in [0.5, 0.6) is 11.5 Å². The summed E-state index contributed by atoms with van der Waals surface area (Å²) >= 11 is 7.36. The van der Waals surface area contributed by atoms with Gasteiger partial charge in [0.05, 0.1) is 30.1 Å². The Bertz CT molecular complexity index is 1230. The standard InChI is InChI=1S/C24H25ClN2O5S2/c1-4-23(33-19-10-5-16(25)6-11-19)24(28)26-17-7-12-20(13-8-17)34(29,30)27-21-14-9-18(31-2)15-22(21)32-3/h5-15,23,27H,4H2,1-3H3,(H,26,28). The molecule has 0 saturated heterocycles. The van der Waals surface area contributed by atoms with Gasteiger partial charge >= 0.3 is 0 Å². The van der Waals surface area contributed by atoms with Crippen molar-refractivity contribution >= 4 is 50.7 Å². The molecule has 3 aromatic rings. The summed E-state index contributed by atoms with van der Waals surface area (Å²) in [4.78, 5) is 13.7. The second-order valence-corrected chi connectivity index (χ2v) is 10.5. The van der Waals surface area contributed by atoms with E-state index in [1.54, 1.807) is 42.5 Å². The number of carbonyl (C=O) groups excluding carboxylic acids is 1. The van der Waals surface area contributed by atoms with E-state index in [0.717, 1.165) is 4.90 Å². The number of amides is 1. The Balaban J connectivity index is 1.68. The summed E-state index contributed by atoms with van der Waals surface area (Å²) in [5, 5.41) is 3.17. The molecule has 1 atom stereocenters. The maximum atomic E-state index is 12.8. The lowest BCUT2D eigenvalue weighted by atomic mass is 10.2. The number of anilines is 2. The van der Waals surface area contributed by atoms with E-state index in [2.05, 4.69) is 10.0 Å². The van der Waals surface area contributed by atoms with E-state index in [4.69, 9.17) is 21.1 Å². The highest BCUT2D eigenvalue weighted by molar-refractivity contribution is 8.00. The third-order valence-corrected chi connectivity index (χ3v) is 7.85. The molecule has 0 saturated carbocycles. The van der Waals surface area contributed by atoms with E-state index in [-0.39, 0.29) is 21.7 Å². The molecule has 10 heteroatoms. The van der Waals surface area contributed by atoms with Crippen LogP contribution in [0.3, 0.4) is 0 Å². The minimum atomic E-state index is -3.87. The zero-order chi connectivity index (χ0) is 24.7. The minimum Gasteiger partial charge on any atom is -0.497 e. The molecule has 3 aromatic carbocycles. The third-order valence-electron chi connectivity index (χ3n) is 4.84. The zero-order valence-electron chi connectivity index (χ0n) is 18.9. The van der Waals surface area contributed by atoms with Crippen LogP contribution >= 0.6 is 23.4 Å². The molecular formula is C24H25ClN2O5S2. The van der Waals surface area contributed by atoms with Gasteiger partial charge in [-0.15, -0.1) is 11.8 Å². The highest BCUT2D eigenvalue weighted by Crippen LogP contribution is 2.31. The molecule has 0 bridgehead atoms. The van der Waals surface area contributed by atoms with Crippen molar-refractivity contribution in [2.45, 2.75) is 28.4 Å². The molecule has 0 aliphatic rings. The first-order valence-electron chi connectivity index (χ1n) is 10.3. The monoisotopic (exact) mass is 520 g/mol. The predicted octanol–water partition coefficient (Wildman–Crippen LogP) is 5.67. The van der Waals surface area contributed by atoms with Gasteiger partial charge in [0.25, 0.3) is 10.0 Å². The number of sulfonamides is 1. The molecule has 0 aliphatic heterocycles. The summed E-state index contributed by atoms with van der Waals surface area (Å²) in [5.41, 5.74) is 0.784. The van der Waals surface area contributed by atoms with Gasteiger partial charge in [-0.25, -0.2) is 8.42 Å². The molecule has 0 heterocycles. The van der Waals surface area contributed by atoms with Crippen molar-refractivity contribution in [3.05, 3.63) is 71.8 Å². The van der Waals surface area contributed by atoms with Crippen molar-refractivity contribution in [1.82, 2.24) is 0 Å². The van der Waals surface area contributed by atoms with E-state index in [1.165, 1.54) is 38.1 Å². The fraction of sp³-hybridized carbons (Fsp3) is 0.208. The summed E-state index contributed by atoms with van der Waals surface area (Å²) in [6.45, 7) is 1.93. The SMILES string of the molecule is CCC(Sc1ccc(Cl)cc1)C(=O)Nc1ccc(S(=O)(=O)Nc2ccc(OC)cc2OC)cc1. The van der Waals surface area contributed by atoms with E-state index in [1.807, 2.05) is 19.1 Å². The fourth-order valence-electron chi connectivity index (χ4n) is 3.03. The van der Waals surface area contributed by atoms with Crippen LogP contribution in [0.4, 0.5) is 11.4 Å². The molecule has 1 unspecified atom stereocenters. The average molecular weight is 521 g/mol. The normalized spacial score (nSPS) is 12.0. The molecule has 0 aliphatic carbocycles. The van der Waals surface area contributed by atoms with Crippen LogP contribution in [0.25, 0.3) is 0 Å². The molecule has 0 spiro atoms. The van der Waals surface area contributed by atoms with E-state index in [9.17, 15) is 13.2 Å². The molecule has 0 aromatic heterocycles. The third kappa shape index (κ3) is 6.59. The van der Waals surface area contributed by atoms with Gasteiger partial charge in [-0.1, -0.05) is 18.5 Å². The second-order valence-electron chi connectivity index (χ2n) is 7.15. The van der Waals surface area contributed by atoms with Gasteiger partial charge in [-0.05, 0) is 67.1 Å². The van der Waals surface area contributed by atoms with Crippen molar-refractivity contribution < 1.29 is 22.7 Å². The smallest absolute Gasteiger partial charge is 0.262 e. The van der Waals surface area contributed by atoms with E-state index < -0.39 is 10.0 Å². The van der Waals surface area contributed by atoms with Crippen molar-refractivity contribution in [3.8, 4) is 11.5 Å². The lowest BCUT2D eigenvalue weighted by molar-refractivity contribution is -0.115. The summed E-state index contributed by atoms with van der Waals surface area (Å²) in [7, 11) is -0.919. The van der Waals surface area contributed by atoms with Crippen LogP contribution in [-0.4, -0.2) is 33.8 Å². The fourth-order valence-corrected chi connectivity index (χ4v) is 5.18. The number of carbonyl (C=O) groups is 1. The Hall–Kier alpha value is -2.88. The van der Waals surface area contributed by atoms with Crippen LogP contribution in [0.2, 0.25) is 5.02 Å². The molecule has 3 rings (SSSR count). The van der Waals surface area contributed by atoms with Gasteiger partial charge in [-0.3, -0.25) is 9.52 Å². The maximum absolute atomic E-state index is 12.8. The molecule has 7 nitrogen and oxygen atoms in total. The Kier molecular flexibility index (Phi) is 8.71. The Morgan fingerprint density at radius 3 is 2.26 bits per heavy atom. The molecular weight excluding hydrogens is 496 g/mol. The van der Waals surface area contributed by atoms with Crippen LogP contribution in [-0.2, 0) is 14.8 Å². The number of nitrogens with one attached hydrogen (secondary N) is 2. The number of halogens is 1. The molecule has 34 heavy (non-hydrogen) atoms. The first kappa shape index (κ1) is 25.7. The Morgan fingerprint density at radius 2 is 1.68 bits per heavy atom. The van der Waals surface area contributed by atoms with Crippen molar-refractivity contribution in [2.24, 2.45) is 0 Å². The number of thioether (sulfide) groups is 1. The van der Waals surface area contributed by atoms with Crippen LogP contribution < -0.4 is 19.5 Å². The zero-order valence-corrected chi connectivity index (χ0v) is 21.3. The van der Waals surface area contributed by atoms with Crippen LogP contribution in [0.1, 0.15) is 13.3 Å². The second kappa shape index (κ2) is 11.5. The molecule has 1 amide bonds. The number of ether oxygens (including phenoxy) is 2. The van der Waals surface area contributed by atoms with Crippen LogP contribution in [0, 0.1) is 0 Å². The lowest BCUT2D eigenvalue weighted by Crippen LogP contribution is -2.24. The number of rotatable bonds is 10. The number of benzene rings is 3. The molecule has 0 fully saturated rings. The molecule has 180 valence electrons. The van der Waals surface area contributed by atoms with Crippen LogP contribution in [0.15, 0.2) is 76.5 Å². The van der Waals surface area contributed by atoms with E-state index in [0.29, 0.717) is 28.6 Å². The lowest BCUT2D eigenvalue weighted by Gasteiger charge is -2.15. The minimum absolute atomic E-state index is 0.0472. The largest absolute Gasteiger partial charge is 0.497 e. The van der Waals surface area contributed by atoms with Gasteiger partial charge in [0.1, 0.15) is 11.5 Å². The quantitative estimate of drug-likeness (QED) is 0.335. The van der Waals surface area contributed by atoms with Gasteiger partial charge < -0.3 is 14.8 Å². The summed E-state index contributed by atoms with van der Waals surface area (Å²) in [5.74, 6) is 0.703. The number of methoxy groups -OCH3 is 2. The van der Waals surface area contributed by atoms with Gasteiger partial charge in [0, 0.05) is 21.7 Å². The predicted molar refractivity (Wildman–Crippen MR) is 137 cm³/mol. The van der Waals surface area contributed by atoms with Crippen molar-refractivity contribution in [3.63, 3.8) is 0 Å². The molecule has 2 N–H and O–H groups in total. The Labute approximate surface area is 208 Å². The number of hydrogen-bond acceptors (Lipinski definition) is 6. The van der Waals surface area contributed by atoms with Gasteiger partial charge in [0.2, 0.25) is 5.91 Å². The van der Waals surface area contributed by atoms with Gasteiger partial charge in [-0.2, -0.15) is 0 Å². The van der Waals surface area contributed by atoms with Gasteiger partial charge in [0.15, 0.2) is 0 Å². The maximum Gasteiger partial charge on any atom is 0.262 e. The molecule has 0 radical (unpaired) electrons. The first-order chi connectivity index (χ1) is 16.2. The summed E-state index contributed by atoms with van der Waals surface area (Å²) in [6.07, 6.45) is 0.624. The topological polar surface area (TPSA) is 93.7 Å². The first-order valence-corrected chi connectivity index (χ1v) is 13.1. The highest BCUT2D eigenvalue weighted by atomic mass is 35.5. The van der Waals surface area contributed by atoms with Crippen molar-refractivity contribution in [2.75, 3.05) is 24.3 Å². The number of hydrogen-bond donors (Lipinski definition) is 2.